The maximum Gasteiger partial charge on any atom is 0.246 e. The lowest BCUT2D eigenvalue weighted by Crippen LogP contribution is -2.41. The number of methoxy groups -OCH3 is 1. The van der Waals surface area contributed by atoms with E-state index in [1.807, 2.05) is 68.4 Å². The molecule has 7 heteroatoms. The summed E-state index contributed by atoms with van der Waals surface area (Å²) in [7, 11) is 1.60. The standard InChI is InChI=1S/C24H26N4O3/c1-16-15-17(2)28(27-16)22-8-6-5-7-21(22)26-24(30)18(3)25-23(29)14-11-19-9-12-20(31-4)13-10-19/h5-15,18H,1-4H3,(H,25,29)(H,26,30)/b14-11+/t18-/m0/s1. The average Bonchev–Trinajstić information content (AvgIpc) is 3.10. The average molecular weight is 418 g/mol. The van der Waals surface area contributed by atoms with Crippen LogP contribution in [0.1, 0.15) is 23.9 Å². The summed E-state index contributed by atoms with van der Waals surface area (Å²) < 4.78 is 6.90. The molecule has 2 N–H and O–H groups in total. The van der Waals surface area contributed by atoms with E-state index in [0.717, 1.165) is 28.4 Å². The third-order valence-corrected chi connectivity index (χ3v) is 4.69. The SMILES string of the molecule is COc1ccc(/C=C/C(=O)N[C@@H](C)C(=O)Nc2ccccc2-n2nc(C)cc2C)cc1. The lowest BCUT2D eigenvalue weighted by molar-refractivity contribution is -0.123. The third kappa shape index (κ3) is 5.60. The zero-order chi connectivity index (χ0) is 22.4. The first-order chi connectivity index (χ1) is 14.9. The summed E-state index contributed by atoms with van der Waals surface area (Å²) in [6.45, 7) is 5.51. The van der Waals surface area contributed by atoms with Gasteiger partial charge in [-0.3, -0.25) is 9.59 Å². The number of benzene rings is 2. The molecule has 31 heavy (non-hydrogen) atoms. The van der Waals surface area contributed by atoms with Gasteiger partial charge in [0.2, 0.25) is 11.8 Å². The minimum Gasteiger partial charge on any atom is -0.497 e. The predicted octanol–water partition coefficient (Wildman–Crippen LogP) is 3.65. The Labute approximate surface area is 181 Å². The van der Waals surface area contributed by atoms with Gasteiger partial charge in [-0.1, -0.05) is 24.3 Å². The Morgan fingerprint density at radius 2 is 1.81 bits per heavy atom. The summed E-state index contributed by atoms with van der Waals surface area (Å²) in [6, 6.07) is 16.0. The fourth-order valence-corrected chi connectivity index (χ4v) is 3.09. The highest BCUT2D eigenvalue weighted by atomic mass is 16.5. The number of aromatic nitrogens is 2. The topological polar surface area (TPSA) is 85.2 Å². The van der Waals surface area contributed by atoms with E-state index in [4.69, 9.17) is 4.74 Å². The first kappa shape index (κ1) is 21.8. The maximum absolute atomic E-state index is 12.7. The van der Waals surface area contributed by atoms with Crippen LogP contribution in [0, 0.1) is 13.8 Å². The van der Waals surface area contributed by atoms with Crippen molar-refractivity contribution in [2.24, 2.45) is 0 Å². The van der Waals surface area contributed by atoms with Gasteiger partial charge in [0.25, 0.3) is 0 Å². The molecule has 0 aliphatic rings. The quantitative estimate of drug-likeness (QED) is 0.574. The van der Waals surface area contributed by atoms with Crippen LogP contribution in [0.15, 0.2) is 60.7 Å². The van der Waals surface area contributed by atoms with Crippen molar-refractivity contribution in [3.63, 3.8) is 0 Å². The lowest BCUT2D eigenvalue weighted by atomic mass is 10.2. The van der Waals surface area contributed by atoms with E-state index in [1.165, 1.54) is 6.08 Å². The molecule has 1 aromatic heterocycles. The number of amides is 2. The van der Waals surface area contributed by atoms with Crippen LogP contribution in [0.3, 0.4) is 0 Å². The van der Waals surface area contributed by atoms with E-state index in [-0.39, 0.29) is 11.8 Å². The number of hydrogen-bond acceptors (Lipinski definition) is 4. The summed E-state index contributed by atoms with van der Waals surface area (Å²) in [5.74, 6) is 0.0677. The van der Waals surface area contributed by atoms with Gasteiger partial charge in [0.15, 0.2) is 0 Å². The molecule has 2 amide bonds. The Hall–Kier alpha value is -3.87. The summed E-state index contributed by atoms with van der Waals surface area (Å²) in [5, 5.41) is 10.1. The van der Waals surface area contributed by atoms with E-state index in [9.17, 15) is 9.59 Å². The van der Waals surface area contributed by atoms with Crippen LogP contribution in [0.25, 0.3) is 11.8 Å². The van der Waals surface area contributed by atoms with Crippen LogP contribution >= 0.6 is 0 Å². The zero-order valence-corrected chi connectivity index (χ0v) is 18.0. The number of carbonyl (C=O) groups is 2. The fraction of sp³-hybridized carbons (Fsp3) is 0.208. The molecule has 2 aromatic carbocycles. The molecule has 0 radical (unpaired) electrons. The Kier molecular flexibility index (Phi) is 6.87. The number of aryl methyl sites for hydroxylation is 2. The molecular formula is C24H26N4O3. The van der Waals surface area contributed by atoms with Gasteiger partial charge < -0.3 is 15.4 Å². The van der Waals surface area contributed by atoms with Gasteiger partial charge in [-0.2, -0.15) is 5.10 Å². The van der Waals surface area contributed by atoms with Crippen molar-refractivity contribution in [3.8, 4) is 11.4 Å². The van der Waals surface area contributed by atoms with Gasteiger partial charge in [-0.05, 0) is 62.7 Å². The van der Waals surface area contributed by atoms with Gasteiger partial charge in [0, 0.05) is 11.8 Å². The molecule has 7 nitrogen and oxygen atoms in total. The summed E-state index contributed by atoms with van der Waals surface area (Å²) >= 11 is 0. The van der Waals surface area contributed by atoms with Crippen LogP contribution in [0.5, 0.6) is 5.75 Å². The van der Waals surface area contributed by atoms with E-state index in [2.05, 4.69) is 15.7 Å². The van der Waals surface area contributed by atoms with Crippen LogP contribution in [0.4, 0.5) is 5.69 Å². The van der Waals surface area contributed by atoms with Crippen LogP contribution in [0.2, 0.25) is 0 Å². The number of nitrogens with one attached hydrogen (secondary N) is 2. The normalized spacial score (nSPS) is 11.9. The number of nitrogens with zero attached hydrogens (tertiary/aromatic N) is 2. The lowest BCUT2D eigenvalue weighted by Gasteiger charge is -2.16. The highest BCUT2D eigenvalue weighted by molar-refractivity contribution is 6.00. The molecule has 160 valence electrons. The molecule has 1 atom stereocenters. The zero-order valence-electron chi connectivity index (χ0n) is 18.0. The molecule has 1 heterocycles. The minimum atomic E-state index is -0.721. The van der Waals surface area contributed by atoms with Gasteiger partial charge in [0.05, 0.1) is 24.2 Å². The monoisotopic (exact) mass is 418 g/mol. The molecule has 0 fully saturated rings. The number of anilines is 1. The second kappa shape index (κ2) is 9.75. The third-order valence-electron chi connectivity index (χ3n) is 4.69. The minimum absolute atomic E-state index is 0.319. The summed E-state index contributed by atoms with van der Waals surface area (Å²) in [5.41, 5.74) is 4.09. The first-order valence-corrected chi connectivity index (χ1v) is 9.93. The van der Waals surface area contributed by atoms with Crippen molar-refractivity contribution < 1.29 is 14.3 Å². The number of ether oxygens (including phenoxy) is 1. The van der Waals surface area contributed by atoms with E-state index < -0.39 is 6.04 Å². The molecule has 0 bridgehead atoms. The molecule has 3 aromatic rings. The second-order valence-corrected chi connectivity index (χ2v) is 7.18. The van der Waals surface area contributed by atoms with Gasteiger partial charge >= 0.3 is 0 Å². The first-order valence-electron chi connectivity index (χ1n) is 9.93. The molecular weight excluding hydrogens is 392 g/mol. The number of para-hydroxylation sites is 2. The molecule has 3 rings (SSSR count). The van der Waals surface area contributed by atoms with Crippen LogP contribution in [-0.2, 0) is 9.59 Å². The van der Waals surface area contributed by atoms with Gasteiger partial charge in [-0.15, -0.1) is 0 Å². The Balaban J connectivity index is 1.64. The van der Waals surface area contributed by atoms with Crippen molar-refractivity contribution >= 4 is 23.6 Å². The Morgan fingerprint density at radius 1 is 1.10 bits per heavy atom. The summed E-state index contributed by atoms with van der Waals surface area (Å²) in [4.78, 5) is 24.9. The molecule has 0 unspecified atom stereocenters. The Morgan fingerprint density at radius 3 is 2.45 bits per heavy atom. The maximum atomic E-state index is 12.7. The van der Waals surface area contributed by atoms with E-state index in [1.54, 1.807) is 24.8 Å². The van der Waals surface area contributed by atoms with Crippen LogP contribution < -0.4 is 15.4 Å². The van der Waals surface area contributed by atoms with E-state index >= 15 is 0 Å². The fourth-order valence-electron chi connectivity index (χ4n) is 3.09. The molecule has 0 aliphatic heterocycles. The highest BCUT2D eigenvalue weighted by Gasteiger charge is 2.17. The number of carbonyl (C=O) groups excluding carboxylic acids is 2. The molecule has 0 saturated carbocycles. The van der Waals surface area contributed by atoms with Crippen LogP contribution in [-0.4, -0.2) is 34.7 Å². The highest BCUT2D eigenvalue weighted by Crippen LogP contribution is 2.21. The van der Waals surface area contributed by atoms with Crippen molar-refractivity contribution in [2.45, 2.75) is 26.8 Å². The van der Waals surface area contributed by atoms with Gasteiger partial charge in [-0.25, -0.2) is 4.68 Å². The van der Waals surface area contributed by atoms with Crippen molar-refractivity contribution in [2.75, 3.05) is 12.4 Å². The predicted molar refractivity (Wildman–Crippen MR) is 121 cm³/mol. The smallest absolute Gasteiger partial charge is 0.246 e. The van der Waals surface area contributed by atoms with Crippen molar-refractivity contribution in [1.29, 1.82) is 0 Å². The Bertz CT molecular complexity index is 1100. The van der Waals surface area contributed by atoms with Crippen molar-refractivity contribution in [1.82, 2.24) is 15.1 Å². The van der Waals surface area contributed by atoms with E-state index in [0.29, 0.717) is 5.69 Å². The van der Waals surface area contributed by atoms with Crippen molar-refractivity contribution in [3.05, 3.63) is 77.6 Å². The number of rotatable bonds is 7. The molecule has 0 aliphatic carbocycles. The number of hydrogen-bond donors (Lipinski definition) is 2. The molecule has 0 spiro atoms. The molecule has 0 saturated heterocycles. The second-order valence-electron chi connectivity index (χ2n) is 7.18. The van der Waals surface area contributed by atoms with Gasteiger partial charge in [0.1, 0.15) is 11.8 Å². The largest absolute Gasteiger partial charge is 0.497 e. The summed E-state index contributed by atoms with van der Waals surface area (Å²) in [6.07, 6.45) is 3.08.